The molecule has 2 aromatic rings. The Bertz CT molecular complexity index is 624. The normalized spacial score (nSPS) is 11.2. The van der Waals surface area contributed by atoms with Crippen molar-refractivity contribution in [1.29, 1.82) is 0 Å². The smallest absolute Gasteiger partial charge is 0.293 e. The highest BCUT2D eigenvalue weighted by molar-refractivity contribution is 7.18. The summed E-state index contributed by atoms with van der Waals surface area (Å²) in [5.41, 5.74) is 1.17. The minimum atomic E-state index is -0.470. The number of methoxy groups -OCH3 is 2. The number of thiazole rings is 1. The number of nitro groups is 1. The number of nitrogens with one attached hydrogen (secondary N) is 1. The highest BCUT2D eigenvalue weighted by Gasteiger charge is 2.18. The van der Waals surface area contributed by atoms with Gasteiger partial charge in [0.2, 0.25) is 0 Å². The summed E-state index contributed by atoms with van der Waals surface area (Å²) in [6, 6.07) is 3.22. The Balaban J connectivity index is 2.34. The van der Waals surface area contributed by atoms with Crippen LogP contribution in [0.4, 0.5) is 11.4 Å². The second-order valence-electron chi connectivity index (χ2n) is 4.11. The molecule has 0 amide bonds. The summed E-state index contributed by atoms with van der Waals surface area (Å²) in [5.74, 6) is 0. The van der Waals surface area contributed by atoms with Gasteiger partial charge in [-0.05, 0) is 13.0 Å². The van der Waals surface area contributed by atoms with Crippen molar-refractivity contribution in [2.45, 2.75) is 13.2 Å². The number of hydrogen-bond donors (Lipinski definition) is 1. The lowest BCUT2D eigenvalue weighted by atomic mass is 10.2. The lowest BCUT2D eigenvalue weighted by molar-refractivity contribution is -0.383. The van der Waals surface area contributed by atoms with Crippen molar-refractivity contribution in [3.05, 3.63) is 27.3 Å². The second kappa shape index (κ2) is 6.12. The van der Waals surface area contributed by atoms with Crippen molar-refractivity contribution in [2.24, 2.45) is 0 Å². The van der Waals surface area contributed by atoms with Gasteiger partial charge in [-0.2, -0.15) is 0 Å². The Kier molecular flexibility index (Phi) is 4.48. The van der Waals surface area contributed by atoms with Crippen molar-refractivity contribution in [3.63, 3.8) is 0 Å². The van der Waals surface area contributed by atoms with E-state index in [1.165, 1.54) is 31.6 Å². The minimum Gasteiger partial charge on any atom is -0.374 e. The molecule has 108 valence electrons. The molecule has 7 nitrogen and oxygen atoms in total. The van der Waals surface area contributed by atoms with E-state index in [0.717, 1.165) is 15.2 Å². The number of nitro benzene ring substituents is 1. The van der Waals surface area contributed by atoms with Crippen molar-refractivity contribution in [2.75, 3.05) is 26.1 Å². The summed E-state index contributed by atoms with van der Waals surface area (Å²) < 4.78 is 10.9. The van der Waals surface area contributed by atoms with Crippen molar-refractivity contribution < 1.29 is 14.4 Å². The van der Waals surface area contributed by atoms with Crippen molar-refractivity contribution in [1.82, 2.24) is 4.98 Å². The zero-order chi connectivity index (χ0) is 14.7. The largest absolute Gasteiger partial charge is 0.374 e. The van der Waals surface area contributed by atoms with Crippen LogP contribution in [0.1, 0.15) is 5.01 Å². The molecule has 0 aliphatic rings. The highest BCUT2D eigenvalue weighted by Crippen LogP contribution is 2.32. The van der Waals surface area contributed by atoms with Crippen LogP contribution in [0.15, 0.2) is 12.1 Å². The SMILES string of the molecule is COC(CNc1cc2nc(C)sc2cc1[N+](=O)[O-])OC. The third kappa shape index (κ3) is 3.03. The Morgan fingerprint density at radius 2 is 2.15 bits per heavy atom. The number of nitrogens with zero attached hydrogens (tertiary/aromatic N) is 2. The van der Waals surface area contributed by atoms with Gasteiger partial charge in [0.25, 0.3) is 5.69 Å². The topological polar surface area (TPSA) is 86.5 Å². The first-order valence-electron chi connectivity index (χ1n) is 5.90. The van der Waals surface area contributed by atoms with Gasteiger partial charge in [0.05, 0.1) is 26.7 Å². The van der Waals surface area contributed by atoms with Crippen molar-refractivity contribution >= 4 is 32.9 Å². The van der Waals surface area contributed by atoms with Crippen LogP contribution in [0, 0.1) is 17.0 Å². The van der Waals surface area contributed by atoms with Gasteiger partial charge in [-0.3, -0.25) is 10.1 Å². The lowest BCUT2D eigenvalue weighted by Gasteiger charge is -2.14. The molecule has 1 aromatic heterocycles. The van der Waals surface area contributed by atoms with Gasteiger partial charge in [-0.25, -0.2) is 4.98 Å². The molecule has 8 heteroatoms. The minimum absolute atomic E-state index is 0.0205. The number of ether oxygens (including phenoxy) is 2. The van der Waals surface area contributed by atoms with Crippen LogP contribution in [-0.4, -0.2) is 37.0 Å². The molecule has 0 unspecified atom stereocenters. The number of rotatable bonds is 6. The fourth-order valence-corrected chi connectivity index (χ4v) is 2.67. The molecule has 1 heterocycles. The summed E-state index contributed by atoms with van der Waals surface area (Å²) in [6.45, 7) is 2.18. The fourth-order valence-electron chi connectivity index (χ4n) is 1.83. The van der Waals surface area contributed by atoms with Gasteiger partial charge in [0.15, 0.2) is 6.29 Å². The Morgan fingerprint density at radius 1 is 1.45 bits per heavy atom. The van der Waals surface area contributed by atoms with E-state index in [-0.39, 0.29) is 5.69 Å². The number of hydrogen-bond acceptors (Lipinski definition) is 7. The first-order valence-corrected chi connectivity index (χ1v) is 6.72. The third-order valence-corrected chi connectivity index (χ3v) is 3.73. The van der Waals surface area contributed by atoms with Gasteiger partial charge < -0.3 is 14.8 Å². The fraction of sp³-hybridized carbons (Fsp3) is 0.417. The van der Waals surface area contributed by atoms with Gasteiger partial charge >= 0.3 is 0 Å². The first kappa shape index (κ1) is 14.6. The summed E-state index contributed by atoms with van der Waals surface area (Å²) in [7, 11) is 3.02. The molecule has 0 saturated heterocycles. The van der Waals surface area contributed by atoms with Crippen LogP contribution in [0.25, 0.3) is 10.2 Å². The molecule has 0 aliphatic heterocycles. The van der Waals surface area contributed by atoms with E-state index < -0.39 is 11.2 Å². The van der Waals surface area contributed by atoms with E-state index >= 15 is 0 Å². The maximum Gasteiger partial charge on any atom is 0.293 e. The molecule has 0 bridgehead atoms. The van der Waals surface area contributed by atoms with Gasteiger partial charge in [-0.1, -0.05) is 0 Å². The Morgan fingerprint density at radius 3 is 2.75 bits per heavy atom. The summed E-state index contributed by atoms with van der Waals surface area (Å²) >= 11 is 1.43. The molecular weight excluding hydrogens is 282 g/mol. The number of aromatic nitrogens is 1. The van der Waals surface area contributed by atoms with E-state index in [1.54, 1.807) is 6.07 Å². The molecule has 1 aromatic carbocycles. The number of aryl methyl sites for hydroxylation is 1. The average molecular weight is 297 g/mol. The van der Waals surface area contributed by atoms with E-state index in [4.69, 9.17) is 9.47 Å². The van der Waals surface area contributed by atoms with E-state index in [2.05, 4.69) is 10.3 Å². The summed E-state index contributed by atoms with van der Waals surface area (Å²) in [6.07, 6.45) is -0.470. The summed E-state index contributed by atoms with van der Waals surface area (Å²) in [4.78, 5) is 15.1. The predicted molar refractivity (Wildman–Crippen MR) is 77.3 cm³/mol. The van der Waals surface area contributed by atoms with Crippen LogP contribution in [0.2, 0.25) is 0 Å². The standard InChI is InChI=1S/C12H15N3O4S/c1-7-14-9-4-8(13-6-12(18-2)19-3)10(15(16)17)5-11(9)20-7/h4-5,12-13H,6H2,1-3H3. The van der Waals surface area contributed by atoms with Crippen LogP contribution in [0.3, 0.4) is 0 Å². The molecule has 2 rings (SSSR count). The number of fused-ring (bicyclic) bond motifs is 1. The molecule has 20 heavy (non-hydrogen) atoms. The van der Waals surface area contributed by atoms with E-state index in [1.807, 2.05) is 6.92 Å². The molecule has 0 spiro atoms. The predicted octanol–water partition coefficient (Wildman–Crippen LogP) is 2.54. The maximum atomic E-state index is 11.1. The van der Waals surface area contributed by atoms with E-state index in [9.17, 15) is 10.1 Å². The highest BCUT2D eigenvalue weighted by atomic mass is 32.1. The zero-order valence-electron chi connectivity index (χ0n) is 11.4. The van der Waals surface area contributed by atoms with Crippen molar-refractivity contribution in [3.8, 4) is 0 Å². The monoisotopic (exact) mass is 297 g/mol. The first-order chi connectivity index (χ1) is 9.55. The maximum absolute atomic E-state index is 11.1. The quantitative estimate of drug-likeness (QED) is 0.501. The number of anilines is 1. The third-order valence-electron chi connectivity index (χ3n) is 2.79. The average Bonchev–Trinajstić information content (AvgIpc) is 2.77. The molecule has 1 N–H and O–H groups in total. The van der Waals surface area contributed by atoms with Crippen LogP contribution in [0.5, 0.6) is 0 Å². The molecular formula is C12H15N3O4S. The zero-order valence-corrected chi connectivity index (χ0v) is 12.2. The van der Waals surface area contributed by atoms with Gasteiger partial charge in [-0.15, -0.1) is 11.3 Å². The molecule has 0 fully saturated rings. The van der Waals surface area contributed by atoms with Gasteiger partial charge in [0.1, 0.15) is 5.69 Å². The Labute approximate surface area is 119 Å². The second-order valence-corrected chi connectivity index (χ2v) is 5.34. The Hall–Kier alpha value is -1.77. The van der Waals surface area contributed by atoms with Crippen LogP contribution >= 0.6 is 11.3 Å². The molecule has 0 aliphatic carbocycles. The van der Waals surface area contributed by atoms with Crippen LogP contribution < -0.4 is 5.32 Å². The van der Waals surface area contributed by atoms with Crippen LogP contribution in [-0.2, 0) is 9.47 Å². The molecule has 0 atom stereocenters. The number of benzene rings is 1. The molecule has 0 saturated carbocycles. The molecule has 0 radical (unpaired) electrons. The van der Waals surface area contributed by atoms with E-state index in [0.29, 0.717) is 12.2 Å². The lowest BCUT2D eigenvalue weighted by Crippen LogP contribution is -2.23. The summed E-state index contributed by atoms with van der Waals surface area (Å²) in [5, 5.41) is 15.0. The van der Waals surface area contributed by atoms with Gasteiger partial charge in [0, 0.05) is 20.3 Å².